The van der Waals surface area contributed by atoms with Crippen LogP contribution in [0.5, 0.6) is 0 Å². The van der Waals surface area contributed by atoms with Gasteiger partial charge in [0.2, 0.25) is 5.91 Å². The van der Waals surface area contributed by atoms with E-state index in [0.717, 1.165) is 24.1 Å². The fourth-order valence-corrected chi connectivity index (χ4v) is 2.16. The van der Waals surface area contributed by atoms with E-state index in [1.165, 1.54) is 0 Å². The molecule has 0 saturated heterocycles. The summed E-state index contributed by atoms with van der Waals surface area (Å²) >= 11 is 0. The molecule has 0 unspecified atom stereocenters. The first-order chi connectivity index (χ1) is 10.7. The molecule has 0 heterocycles. The van der Waals surface area contributed by atoms with Gasteiger partial charge in [0.1, 0.15) is 5.60 Å². The van der Waals surface area contributed by atoms with Gasteiger partial charge in [-0.25, -0.2) is 4.79 Å². The highest BCUT2D eigenvalue weighted by Crippen LogP contribution is 2.46. The molecule has 1 saturated carbocycles. The highest BCUT2D eigenvalue weighted by Gasteiger charge is 2.50. The molecular formula is C18H24N2O3. The van der Waals surface area contributed by atoms with Crippen molar-refractivity contribution < 1.29 is 14.3 Å². The monoisotopic (exact) mass is 316 g/mol. The van der Waals surface area contributed by atoms with Crippen molar-refractivity contribution in [3.63, 3.8) is 0 Å². The molecule has 0 atom stereocenters. The second-order valence-corrected chi connectivity index (χ2v) is 6.92. The molecule has 1 aliphatic rings. The van der Waals surface area contributed by atoms with Gasteiger partial charge in [-0.15, -0.1) is 0 Å². The zero-order chi connectivity index (χ0) is 17.1. The average Bonchev–Trinajstić information content (AvgIpc) is 3.25. The Morgan fingerprint density at radius 1 is 1.26 bits per heavy atom. The van der Waals surface area contributed by atoms with Crippen molar-refractivity contribution in [3.05, 3.63) is 36.4 Å². The molecule has 2 rings (SSSR count). The maximum atomic E-state index is 12.4. The van der Waals surface area contributed by atoms with E-state index < -0.39 is 17.1 Å². The number of anilines is 1. The third-order valence-corrected chi connectivity index (χ3v) is 3.71. The van der Waals surface area contributed by atoms with E-state index in [9.17, 15) is 9.59 Å². The second kappa shape index (κ2) is 6.44. The lowest BCUT2D eigenvalue weighted by atomic mass is 10.1. The van der Waals surface area contributed by atoms with Gasteiger partial charge in [0, 0.05) is 12.2 Å². The highest BCUT2D eigenvalue weighted by atomic mass is 16.6. The van der Waals surface area contributed by atoms with Gasteiger partial charge in [-0.2, -0.15) is 0 Å². The Hall–Kier alpha value is -2.30. The summed E-state index contributed by atoms with van der Waals surface area (Å²) in [5.74, 6) is -0.0695. The van der Waals surface area contributed by atoms with Gasteiger partial charge >= 0.3 is 6.09 Å². The lowest BCUT2D eigenvalue weighted by Gasteiger charge is -2.21. The van der Waals surface area contributed by atoms with Crippen LogP contribution in [0.1, 0.15) is 39.2 Å². The molecule has 1 fully saturated rings. The van der Waals surface area contributed by atoms with Crippen LogP contribution in [-0.2, 0) is 9.53 Å². The maximum absolute atomic E-state index is 12.4. The predicted octanol–water partition coefficient (Wildman–Crippen LogP) is 3.57. The first-order valence-corrected chi connectivity index (χ1v) is 7.75. The van der Waals surface area contributed by atoms with Crippen molar-refractivity contribution in [1.82, 2.24) is 5.32 Å². The Labute approximate surface area is 137 Å². The smallest absolute Gasteiger partial charge is 0.407 e. The minimum atomic E-state index is -0.546. The number of benzene rings is 1. The van der Waals surface area contributed by atoms with Crippen LogP contribution < -0.4 is 10.6 Å². The first-order valence-electron chi connectivity index (χ1n) is 7.75. The molecule has 0 aliphatic heterocycles. The van der Waals surface area contributed by atoms with E-state index in [4.69, 9.17) is 4.74 Å². The van der Waals surface area contributed by atoms with E-state index in [1.807, 2.05) is 24.3 Å². The second-order valence-electron chi connectivity index (χ2n) is 6.92. The molecule has 124 valence electrons. The number of hydrogen-bond acceptors (Lipinski definition) is 3. The van der Waals surface area contributed by atoms with Crippen LogP contribution in [0.2, 0.25) is 0 Å². The molecule has 2 N–H and O–H groups in total. The van der Waals surface area contributed by atoms with Crippen molar-refractivity contribution in [1.29, 1.82) is 0 Å². The standard InChI is InChI=1S/C18H24N2O3/c1-5-13-6-8-14(9-7-13)20-15(21)18(10-11-18)12-19-16(22)23-17(2,3)4/h5-9H,1,10-12H2,2-4H3,(H,19,22)(H,20,21). The summed E-state index contributed by atoms with van der Waals surface area (Å²) in [7, 11) is 0. The zero-order valence-corrected chi connectivity index (χ0v) is 13.9. The minimum Gasteiger partial charge on any atom is -0.444 e. The molecule has 5 heteroatoms. The normalized spacial score (nSPS) is 15.4. The molecule has 0 bridgehead atoms. The third-order valence-electron chi connectivity index (χ3n) is 3.71. The summed E-state index contributed by atoms with van der Waals surface area (Å²) in [5.41, 5.74) is 0.670. The fourth-order valence-electron chi connectivity index (χ4n) is 2.16. The Morgan fingerprint density at radius 2 is 1.87 bits per heavy atom. The van der Waals surface area contributed by atoms with E-state index in [0.29, 0.717) is 6.54 Å². The molecule has 23 heavy (non-hydrogen) atoms. The number of nitrogens with one attached hydrogen (secondary N) is 2. The van der Waals surface area contributed by atoms with E-state index in [2.05, 4.69) is 17.2 Å². The molecular weight excluding hydrogens is 292 g/mol. The number of rotatable bonds is 5. The van der Waals surface area contributed by atoms with Crippen molar-refractivity contribution in [2.24, 2.45) is 5.41 Å². The average molecular weight is 316 g/mol. The number of amides is 2. The Kier molecular flexibility index (Phi) is 4.78. The van der Waals surface area contributed by atoms with E-state index >= 15 is 0 Å². The lowest BCUT2D eigenvalue weighted by Crippen LogP contribution is -2.39. The summed E-state index contributed by atoms with van der Waals surface area (Å²) in [6.45, 7) is 9.40. The molecule has 1 aliphatic carbocycles. The quantitative estimate of drug-likeness (QED) is 0.872. The number of carbonyl (C=O) groups is 2. The third kappa shape index (κ3) is 4.84. The summed E-state index contributed by atoms with van der Waals surface area (Å²) < 4.78 is 5.19. The molecule has 1 aromatic rings. The van der Waals surface area contributed by atoms with E-state index in [1.54, 1.807) is 26.8 Å². The number of hydrogen-bond donors (Lipinski definition) is 2. The van der Waals surface area contributed by atoms with Crippen molar-refractivity contribution in [2.45, 2.75) is 39.2 Å². The summed E-state index contributed by atoms with van der Waals surface area (Å²) in [6, 6.07) is 7.46. The fraction of sp³-hybridized carbons (Fsp3) is 0.444. The number of carbonyl (C=O) groups excluding carboxylic acids is 2. The van der Waals surface area contributed by atoms with Crippen LogP contribution in [0.15, 0.2) is 30.8 Å². The van der Waals surface area contributed by atoms with Gasteiger partial charge < -0.3 is 15.4 Å². The number of ether oxygens (including phenoxy) is 1. The Morgan fingerprint density at radius 3 is 2.35 bits per heavy atom. The summed E-state index contributed by atoms with van der Waals surface area (Å²) in [4.78, 5) is 24.1. The van der Waals surface area contributed by atoms with Gasteiger partial charge in [0.05, 0.1) is 5.41 Å². The van der Waals surface area contributed by atoms with Crippen LogP contribution in [0.3, 0.4) is 0 Å². The van der Waals surface area contributed by atoms with Gasteiger partial charge in [0.15, 0.2) is 0 Å². The summed E-state index contributed by atoms with van der Waals surface area (Å²) in [5, 5.41) is 5.59. The van der Waals surface area contributed by atoms with Crippen LogP contribution in [0, 0.1) is 5.41 Å². The Balaban J connectivity index is 1.88. The van der Waals surface area contributed by atoms with Crippen LogP contribution in [-0.4, -0.2) is 24.1 Å². The van der Waals surface area contributed by atoms with Gasteiger partial charge in [-0.3, -0.25) is 4.79 Å². The molecule has 2 amide bonds. The minimum absolute atomic E-state index is 0.0695. The van der Waals surface area contributed by atoms with Gasteiger partial charge in [-0.05, 0) is 51.3 Å². The lowest BCUT2D eigenvalue weighted by molar-refractivity contribution is -0.120. The van der Waals surface area contributed by atoms with Crippen molar-refractivity contribution in [3.8, 4) is 0 Å². The zero-order valence-electron chi connectivity index (χ0n) is 13.9. The first kappa shape index (κ1) is 17.1. The topological polar surface area (TPSA) is 67.4 Å². The highest BCUT2D eigenvalue weighted by molar-refractivity contribution is 5.97. The Bertz CT molecular complexity index is 596. The maximum Gasteiger partial charge on any atom is 0.407 e. The summed E-state index contributed by atoms with van der Waals surface area (Å²) in [6.07, 6.45) is 2.78. The largest absolute Gasteiger partial charge is 0.444 e. The van der Waals surface area contributed by atoms with Crippen LogP contribution in [0.4, 0.5) is 10.5 Å². The molecule has 0 radical (unpaired) electrons. The van der Waals surface area contributed by atoms with E-state index in [-0.39, 0.29) is 5.91 Å². The molecule has 1 aromatic carbocycles. The van der Waals surface area contributed by atoms with Gasteiger partial charge in [-0.1, -0.05) is 24.8 Å². The van der Waals surface area contributed by atoms with Crippen LogP contribution in [0.25, 0.3) is 6.08 Å². The number of alkyl carbamates (subject to hydrolysis) is 1. The predicted molar refractivity (Wildman–Crippen MR) is 91.1 cm³/mol. The van der Waals surface area contributed by atoms with Gasteiger partial charge in [0.25, 0.3) is 0 Å². The molecule has 5 nitrogen and oxygen atoms in total. The molecule has 0 spiro atoms. The molecule has 0 aromatic heterocycles. The van der Waals surface area contributed by atoms with Crippen molar-refractivity contribution >= 4 is 23.8 Å². The van der Waals surface area contributed by atoms with Crippen molar-refractivity contribution in [2.75, 3.05) is 11.9 Å². The SMILES string of the molecule is C=Cc1ccc(NC(=O)C2(CNC(=O)OC(C)(C)C)CC2)cc1. The van der Waals surface area contributed by atoms with Crippen LogP contribution >= 0.6 is 0 Å².